The number of aromatic nitrogens is 1. The molecule has 0 fully saturated rings. The van der Waals surface area contributed by atoms with Gasteiger partial charge in [0.2, 0.25) is 0 Å². The summed E-state index contributed by atoms with van der Waals surface area (Å²) in [5.74, 6) is 0. The molecule has 1 atom stereocenters. The summed E-state index contributed by atoms with van der Waals surface area (Å²) in [6, 6.07) is 8.11. The number of rotatable bonds is 4. The number of nitrogens with two attached hydrogens (primary N) is 1. The molecule has 18 heavy (non-hydrogen) atoms. The predicted octanol–water partition coefficient (Wildman–Crippen LogP) is 3.05. The van der Waals surface area contributed by atoms with Gasteiger partial charge in [-0.05, 0) is 31.2 Å². The third-order valence-electron chi connectivity index (χ3n) is 3.36. The number of ether oxygens (including phenoxy) is 1. The van der Waals surface area contributed by atoms with E-state index in [0.717, 1.165) is 17.4 Å². The van der Waals surface area contributed by atoms with Crippen molar-refractivity contribution in [2.45, 2.75) is 31.9 Å². The number of methoxy groups -OCH3 is 1. The molecule has 2 rings (SSSR count). The zero-order chi connectivity index (χ0) is 13.2. The molecule has 1 unspecified atom stereocenters. The Hall–Kier alpha value is -1.45. The smallest absolute Gasteiger partial charge is 0.0640 e. The van der Waals surface area contributed by atoms with Crippen LogP contribution < -0.4 is 5.73 Å². The minimum atomic E-state index is -0.226. The molecule has 96 valence electrons. The molecule has 0 aliphatic heterocycles. The molecule has 2 N–H and O–H groups in total. The summed E-state index contributed by atoms with van der Waals surface area (Å²) >= 11 is 0. The van der Waals surface area contributed by atoms with Gasteiger partial charge in [0.15, 0.2) is 0 Å². The Bertz CT molecular complexity index is 532. The van der Waals surface area contributed by atoms with Gasteiger partial charge in [-0.2, -0.15) is 0 Å². The normalized spacial score (nSPS) is 13.8. The van der Waals surface area contributed by atoms with E-state index in [2.05, 4.69) is 17.1 Å². The molecule has 0 radical (unpaired) electrons. The second-order valence-corrected chi connectivity index (χ2v) is 5.22. The van der Waals surface area contributed by atoms with Gasteiger partial charge < -0.3 is 10.5 Å². The highest BCUT2D eigenvalue weighted by atomic mass is 16.5. The van der Waals surface area contributed by atoms with E-state index in [1.807, 2.05) is 38.4 Å². The van der Waals surface area contributed by atoms with E-state index in [0.29, 0.717) is 0 Å². The fourth-order valence-corrected chi connectivity index (χ4v) is 2.16. The summed E-state index contributed by atoms with van der Waals surface area (Å²) in [6.07, 6.45) is 4.49. The van der Waals surface area contributed by atoms with Crippen LogP contribution in [0.15, 0.2) is 36.7 Å². The Morgan fingerprint density at radius 3 is 2.72 bits per heavy atom. The quantitative estimate of drug-likeness (QED) is 0.899. The average Bonchev–Trinajstić information content (AvgIpc) is 2.37. The van der Waals surface area contributed by atoms with Gasteiger partial charge in [0, 0.05) is 30.9 Å². The highest BCUT2D eigenvalue weighted by Gasteiger charge is 2.22. The van der Waals surface area contributed by atoms with Crippen molar-refractivity contribution >= 4 is 10.8 Å². The topological polar surface area (TPSA) is 48.1 Å². The number of nitrogens with zero attached hydrogens (tertiary/aromatic N) is 1. The van der Waals surface area contributed by atoms with Crippen molar-refractivity contribution in [3.8, 4) is 0 Å². The number of pyridine rings is 1. The van der Waals surface area contributed by atoms with Gasteiger partial charge in [-0.25, -0.2) is 0 Å². The lowest BCUT2D eigenvalue weighted by molar-refractivity contribution is 0.0100. The van der Waals surface area contributed by atoms with Crippen molar-refractivity contribution in [3.63, 3.8) is 0 Å². The van der Waals surface area contributed by atoms with Crippen LogP contribution in [0.1, 0.15) is 31.9 Å². The fraction of sp³-hybridized carbons (Fsp3) is 0.400. The van der Waals surface area contributed by atoms with Gasteiger partial charge >= 0.3 is 0 Å². The first kappa shape index (κ1) is 13.0. The Labute approximate surface area is 108 Å². The summed E-state index contributed by atoms with van der Waals surface area (Å²) in [5, 5.41) is 2.30. The fourth-order valence-electron chi connectivity index (χ4n) is 2.16. The maximum atomic E-state index is 6.30. The van der Waals surface area contributed by atoms with Crippen LogP contribution in [0.4, 0.5) is 0 Å². The summed E-state index contributed by atoms with van der Waals surface area (Å²) in [4.78, 5) is 4.27. The highest BCUT2D eigenvalue weighted by Crippen LogP contribution is 2.28. The standard InChI is InChI=1S/C15H20N2O/c1-15(2,18-3)8-14(16)13-10-17-9-11-6-4-5-7-12(11)13/h4-7,9-10,14H,8,16H2,1-3H3. The van der Waals surface area contributed by atoms with E-state index in [1.165, 1.54) is 5.39 Å². The largest absolute Gasteiger partial charge is 0.379 e. The molecule has 0 aliphatic rings. The van der Waals surface area contributed by atoms with E-state index in [-0.39, 0.29) is 11.6 Å². The summed E-state index contributed by atoms with van der Waals surface area (Å²) < 4.78 is 5.44. The maximum Gasteiger partial charge on any atom is 0.0640 e. The van der Waals surface area contributed by atoms with Crippen molar-refractivity contribution in [2.24, 2.45) is 5.73 Å². The molecule has 0 aliphatic carbocycles. The third kappa shape index (κ3) is 2.68. The molecule has 0 amide bonds. The van der Waals surface area contributed by atoms with E-state index in [1.54, 1.807) is 7.11 Å². The molecule has 0 saturated carbocycles. The van der Waals surface area contributed by atoms with Gasteiger partial charge in [-0.1, -0.05) is 24.3 Å². The van der Waals surface area contributed by atoms with E-state index in [9.17, 15) is 0 Å². The van der Waals surface area contributed by atoms with E-state index < -0.39 is 0 Å². The lowest BCUT2D eigenvalue weighted by Crippen LogP contribution is -2.28. The van der Waals surface area contributed by atoms with Crippen LogP contribution in [0, 0.1) is 0 Å². The van der Waals surface area contributed by atoms with Crippen LogP contribution in [-0.2, 0) is 4.74 Å². The lowest BCUT2D eigenvalue weighted by Gasteiger charge is -2.27. The molecule has 0 spiro atoms. The molecule has 1 aromatic carbocycles. The minimum Gasteiger partial charge on any atom is -0.379 e. The van der Waals surface area contributed by atoms with Crippen molar-refractivity contribution in [1.29, 1.82) is 0 Å². The Morgan fingerprint density at radius 2 is 2.00 bits per heavy atom. The molecule has 0 bridgehead atoms. The summed E-state index contributed by atoms with van der Waals surface area (Å²) in [7, 11) is 1.72. The van der Waals surface area contributed by atoms with Gasteiger partial charge in [0.25, 0.3) is 0 Å². The predicted molar refractivity (Wildman–Crippen MR) is 74.4 cm³/mol. The molecule has 1 heterocycles. The molecule has 3 nitrogen and oxygen atoms in total. The van der Waals surface area contributed by atoms with Gasteiger partial charge in [0.1, 0.15) is 0 Å². The average molecular weight is 244 g/mol. The van der Waals surface area contributed by atoms with Crippen molar-refractivity contribution in [1.82, 2.24) is 4.98 Å². The van der Waals surface area contributed by atoms with Crippen molar-refractivity contribution < 1.29 is 4.74 Å². The van der Waals surface area contributed by atoms with Crippen LogP contribution in [0.5, 0.6) is 0 Å². The van der Waals surface area contributed by atoms with Crippen molar-refractivity contribution in [3.05, 3.63) is 42.2 Å². The van der Waals surface area contributed by atoms with Crippen LogP contribution in [0.2, 0.25) is 0 Å². The second-order valence-electron chi connectivity index (χ2n) is 5.22. The van der Waals surface area contributed by atoms with Crippen LogP contribution >= 0.6 is 0 Å². The third-order valence-corrected chi connectivity index (χ3v) is 3.36. The monoisotopic (exact) mass is 244 g/mol. The molecular weight excluding hydrogens is 224 g/mol. The molecule has 0 saturated heterocycles. The van der Waals surface area contributed by atoms with E-state index in [4.69, 9.17) is 10.5 Å². The highest BCUT2D eigenvalue weighted by molar-refractivity contribution is 5.85. The van der Waals surface area contributed by atoms with Gasteiger partial charge in [-0.15, -0.1) is 0 Å². The Balaban J connectivity index is 2.36. The Kier molecular flexibility index (Phi) is 3.64. The van der Waals surface area contributed by atoms with Crippen LogP contribution in [-0.4, -0.2) is 17.7 Å². The number of fused-ring (bicyclic) bond motifs is 1. The molecular formula is C15H20N2O. The first-order valence-electron chi connectivity index (χ1n) is 6.17. The molecule has 1 aromatic heterocycles. The lowest BCUT2D eigenvalue weighted by atomic mass is 9.92. The van der Waals surface area contributed by atoms with Gasteiger partial charge in [0.05, 0.1) is 5.60 Å². The SMILES string of the molecule is COC(C)(C)CC(N)c1cncc2ccccc12. The zero-order valence-corrected chi connectivity index (χ0v) is 11.2. The first-order chi connectivity index (χ1) is 8.53. The second kappa shape index (κ2) is 5.04. The first-order valence-corrected chi connectivity index (χ1v) is 6.17. The van der Waals surface area contributed by atoms with Crippen molar-refractivity contribution in [2.75, 3.05) is 7.11 Å². The van der Waals surface area contributed by atoms with E-state index >= 15 is 0 Å². The summed E-state index contributed by atoms with van der Waals surface area (Å²) in [6.45, 7) is 4.09. The zero-order valence-electron chi connectivity index (χ0n) is 11.2. The molecule has 3 heteroatoms. The number of hydrogen-bond acceptors (Lipinski definition) is 3. The summed E-state index contributed by atoms with van der Waals surface area (Å²) in [5.41, 5.74) is 7.16. The number of hydrogen-bond donors (Lipinski definition) is 1. The number of benzene rings is 1. The van der Waals surface area contributed by atoms with Crippen LogP contribution in [0.25, 0.3) is 10.8 Å². The molecule has 2 aromatic rings. The van der Waals surface area contributed by atoms with Crippen LogP contribution in [0.3, 0.4) is 0 Å². The van der Waals surface area contributed by atoms with Gasteiger partial charge in [-0.3, -0.25) is 4.98 Å². The minimum absolute atomic E-state index is 0.0708. The Morgan fingerprint density at radius 1 is 1.28 bits per heavy atom. The maximum absolute atomic E-state index is 6.30.